The molecule has 1 saturated heterocycles. The molecule has 138 valence electrons. The molecular formula is C19H18N4O3S. The van der Waals surface area contributed by atoms with E-state index in [1.807, 2.05) is 41.8 Å². The lowest BCUT2D eigenvalue weighted by molar-refractivity contribution is -0.131. The average molecular weight is 382 g/mol. The molecule has 3 aromatic rings. The normalized spacial score (nSPS) is 19.6. The molecule has 1 fully saturated rings. The maximum absolute atomic E-state index is 12.8. The van der Waals surface area contributed by atoms with Crippen LogP contribution >= 0.6 is 11.3 Å². The smallest absolute Gasteiger partial charge is 0.325 e. The van der Waals surface area contributed by atoms with Crippen molar-refractivity contribution in [3.63, 3.8) is 0 Å². The number of imide groups is 1. The number of rotatable bonds is 5. The molecule has 7 nitrogen and oxygen atoms in total. The van der Waals surface area contributed by atoms with Gasteiger partial charge in [-0.3, -0.25) is 9.69 Å². The van der Waals surface area contributed by atoms with Crippen molar-refractivity contribution in [1.29, 1.82) is 0 Å². The minimum atomic E-state index is -1.07. The van der Waals surface area contributed by atoms with Gasteiger partial charge in [0.05, 0.1) is 0 Å². The van der Waals surface area contributed by atoms with Crippen LogP contribution < -0.4 is 5.32 Å². The number of aromatic nitrogens is 2. The Morgan fingerprint density at radius 1 is 1.22 bits per heavy atom. The van der Waals surface area contributed by atoms with Gasteiger partial charge >= 0.3 is 6.03 Å². The predicted octanol–water partition coefficient (Wildman–Crippen LogP) is 3.33. The predicted molar refractivity (Wildman–Crippen MR) is 99.9 cm³/mol. The number of thiophene rings is 1. The Morgan fingerprint density at radius 2 is 2.00 bits per heavy atom. The van der Waals surface area contributed by atoms with Crippen LogP contribution in [0.15, 0.2) is 46.3 Å². The third-order valence-corrected chi connectivity index (χ3v) is 5.76. The van der Waals surface area contributed by atoms with E-state index < -0.39 is 11.6 Å². The zero-order valence-electron chi connectivity index (χ0n) is 14.9. The van der Waals surface area contributed by atoms with Crippen LogP contribution in [0.4, 0.5) is 4.79 Å². The molecule has 0 radical (unpaired) electrons. The van der Waals surface area contributed by atoms with E-state index in [1.54, 1.807) is 6.92 Å². The van der Waals surface area contributed by atoms with Gasteiger partial charge < -0.3 is 9.84 Å². The number of carbonyl (C=O) groups excluding carboxylic acids is 2. The Labute approximate surface area is 160 Å². The number of hydrogen-bond acceptors (Lipinski definition) is 6. The van der Waals surface area contributed by atoms with Crippen molar-refractivity contribution >= 4 is 23.3 Å². The van der Waals surface area contributed by atoms with E-state index in [-0.39, 0.29) is 18.3 Å². The average Bonchev–Trinajstić information content (AvgIpc) is 3.41. The molecule has 0 saturated carbocycles. The largest absolute Gasteiger partial charge is 0.337 e. The van der Waals surface area contributed by atoms with Crippen LogP contribution in [0.1, 0.15) is 30.2 Å². The van der Waals surface area contributed by atoms with Crippen LogP contribution in [0.2, 0.25) is 0 Å². The number of hydrogen-bond donors (Lipinski definition) is 1. The molecule has 1 N–H and O–H groups in total. The molecule has 0 aliphatic carbocycles. The van der Waals surface area contributed by atoms with Gasteiger partial charge in [-0.05, 0) is 30.4 Å². The lowest BCUT2D eigenvalue weighted by Gasteiger charge is -2.19. The maximum Gasteiger partial charge on any atom is 0.325 e. The Balaban J connectivity index is 1.53. The van der Waals surface area contributed by atoms with E-state index >= 15 is 0 Å². The molecule has 1 aromatic carbocycles. The van der Waals surface area contributed by atoms with Gasteiger partial charge in [0.25, 0.3) is 5.91 Å². The highest BCUT2D eigenvalue weighted by Crippen LogP contribution is 2.32. The number of nitrogens with zero attached hydrogens (tertiary/aromatic N) is 3. The first-order chi connectivity index (χ1) is 13.0. The minimum Gasteiger partial charge on any atom is -0.337 e. The number of nitrogens with one attached hydrogen (secondary N) is 1. The number of urea groups is 1. The molecule has 8 heteroatoms. The molecule has 4 rings (SSSR count). The summed E-state index contributed by atoms with van der Waals surface area (Å²) in [6.07, 6.45) is 0.951. The van der Waals surface area contributed by atoms with E-state index in [1.165, 1.54) is 16.9 Å². The molecule has 1 atom stereocenters. The lowest BCUT2D eigenvalue weighted by atomic mass is 10.0. The number of benzene rings is 1. The van der Waals surface area contributed by atoms with Crippen LogP contribution in [0.3, 0.4) is 0 Å². The van der Waals surface area contributed by atoms with Crippen molar-refractivity contribution < 1.29 is 14.1 Å². The summed E-state index contributed by atoms with van der Waals surface area (Å²) in [5.41, 5.74) is 0.974. The molecule has 1 unspecified atom stereocenters. The summed E-state index contributed by atoms with van der Waals surface area (Å²) in [4.78, 5) is 31.4. The van der Waals surface area contributed by atoms with Crippen LogP contribution in [0, 0.1) is 0 Å². The van der Waals surface area contributed by atoms with Crippen molar-refractivity contribution in [2.45, 2.75) is 32.4 Å². The molecule has 27 heavy (non-hydrogen) atoms. The highest BCUT2D eigenvalue weighted by atomic mass is 32.1. The van der Waals surface area contributed by atoms with Gasteiger partial charge in [-0.25, -0.2) is 4.79 Å². The summed E-state index contributed by atoms with van der Waals surface area (Å²) in [6.45, 7) is 3.72. The molecule has 3 heterocycles. The Bertz CT molecular complexity index is 981. The van der Waals surface area contributed by atoms with E-state index in [2.05, 4.69) is 22.4 Å². The fraction of sp³-hybridized carbons (Fsp3) is 0.263. The van der Waals surface area contributed by atoms with Gasteiger partial charge in [-0.1, -0.05) is 42.4 Å². The fourth-order valence-electron chi connectivity index (χ4n) is 3.03. The van der Waals surface area contributed by atoms with E-state index in [4.69, 9.17) is 4.52 Å². The molecule has 1 aliphatic heterocycles. The number of aryl methyl sites for hydroxylation is 1. The summed E-state index contributed by atoms with van der Waals surface area (Å²) in [5, 5.41) is 8.60. The van der Waals surface area contributed by atoms with Gasteiger partial charge in [0, 0.05) is 10.4 Å². The molecule has 2 aromatic heterocycles. The first kappa shape index (κ1) is 17.4. The second kappa shape index (κ2) is 6.62. The van der Waals surface area contributed by atoms with Crippen molar-refractivity contribution in [2.75, 3.05) is 0 Å². The molecular weight excluding hydrogens is 364 g/mol. The Kier molecular flexibility index (Phi) is 4.27. The van der Waals surface area contributed by atoms with E-state index in [0.717, 1.165) is 21.8 Å². The van der Waals surface area contributed by atoms with Crippen molar-refractivity contribution in [2.24, 2.45) is 0 Å². The van der Waals surface area contributed by atoms with Crippen molar-refractivity contribution in [1.82, 2.24) is 20.4 Å². The SMILES string of the molecule is CCc1ccc(-c2noc(CN3C(=O)NC(C)(c4cccs4)C3=O)n2)cc1. The quantitative estimate of drug-likeness (QED) is 0.684. The molecule has 0 spiro atoms. The number of amides is 3. The van der Waals surface area contributed by atoms with Gasteiger partial charge in [0.2, 0.25) is 11.7 Å². The maximum atomic E-state index is 12.8. The van der Waals surface area contributed by atoms with Crippen LogP contribution in [-0.4, -0.2) is 27.0 Å². The molecule has 1 aliphatic rings. The second-order valence-electron chi connectivity index (χ2n) is 6.49. The first-order valence-electron chi connectivity index (χ1n) is 8.61. The summed E-state index contributed by atoms with van der Waals surface area (Å²) < 4.78 is 5.26. The second-order valence-corrected chi connectivity index (χ2v) is 7.43. The van der Waals surface area contributed by atoms with Gasteiger partial charge in [0.1, 0.15) is 6.54 Å². The zero-order valence-corrected chi connectivity index (χ0v) is 15.7. The van der Waals surface area contributed by atoms with Crippen LogP contribution in [0.5, 0.6) is 0 Å². The molecule has 0 bridgehead atoms. The topological polar surface area (TPSA) is 88.3 Å². The molecule has 3 amide bonds. The van der Waals surface area contributed by atoms with Crippen molar-refractivity contribution in [3.05, 3.63) is 58.1 Å². The summed E-state index contributed by atoms with van der Waals surface area (Å²) in [6, 6.07) is 11.1. The van der Waals surface area contributed by atoms with E-state index in [9.17, 15) is 9.59 Å². The van der Waals surface area contributed by atoms with Crippen LogP contribution in [-0.2, 0) is 23.3 Å². The van der Waals surface area contributed by atoms with Gasteiger partial charge in [-0.2, -0.15) is 4.98 Å². The summed E-state index contributed by atoms with van der Waals surface area (Å²) >= 11 is 1.42. The van der Waals surface area contributed by atoms with Gasteiger partial charge in [0.15, 0.2) is 5.54 Å². The summed E-state index contributed by atoms with van der Waals surface area (Å²) in [7, 11) is 0. The zero-order chi connectivity index (χ0) is 19.0. The van der Waals surface area contributed by atoms with Gasteiger partial charge in [-0.15, -0.1) is 11.3 Å². The minimum absolute atomic E-state index is 0.0638. The number of carbonyl (C=O) groups is 2. The third kappa shape index (κ3) is 3.02. The van der Waals surface area contributed by atoms with Crippen LogP contribution in [0.25, 0.3) is 11.4 Å². The monoisotopic (exact) mass is 382 g/mol. The summed E-state index contributed by atoms with van der Waals surface area (Å²) in [5.74, 6) is 0.311. The third-order valence-electron chi connectivity index (χ3n) is 4.67. The standard InChI is InChI=1S/C19H18N4O3S/c1-3-12-6-8-13(9-7-12)16-20-15(26-22-16)11-23-17(24)19(2,21-18(23)25)14-5-4-10-27-14/h4-10H,3,11H2,1-2H3,(H,21,25). The Hall–Kier alpha value is -3.00. The van der Waals surface area contributed by atoms with E-state index in [0.29, 0.717) is 5.82 Å². The highest BCUT2D eigenvalue weighted by molar-refractivity contribution is 7.10. The first-order valence-corrected chi connectivity index (χ1v) is 9.49. The Morgan fingerprint density at radius 3 is 2.67 bits per heavy atom. The highest BCUT2D eigenvalue weighted by Gasteiger charge is 2.50. The fourth-order valence-corrected chi connectivity index (χ4v) is 3.87. The van der Waals surface area contributed by atoms with Crippen molar-refractivity contribution in [3.8, 4) is 11.4 Å². The lowest BCUT2D eigenvalue weighted by Crippen LogP contribution is -2.40.